The first kappa shape index (κ1) is 18.7. The summed E-state index contributed by atoms with van der Waals surface area (Å²) >= 11 is 6.11. The fraction of sp³-hybridized carbons (Fsp3) is 0.529. The number of anilines is 1. The number of carbonyl (C=O) groups excluding carboxylic acids is 2. The molecule has 2 N–H and O–H groups in total. The number of carbonyl (C=O) groups is 2. The molecule has 1 aliphatic rings. The van der Waals surface area contributed by atoms with Crippen LogP contribution >= 0.6 is 11.6 Å². The third-order valence-electron chi connectivity index (χ3n) is 3.89. The van der Waals surface area contributed by atoms with E-state index < -0.39 is 0 Å². The van der Waals surface area contributed by atoms with Crippen molar-refractivity contribution in [2.75, 3.05) is 38.2 Å². The molecule has 1 atom stereocenters. The molecule has 7 heteroatoms. The van der Waals surface area contributed by atoms with Gasteiger partial charge in [0.05, 0.1) is 23.8 Å². The van der Waals surface area contributed by atoms with Crippen LogP contribution in [0.2, 0.25) is 5.02 Å². The average Bonchev–Trinajstić information content (AvgIpc) is 2.55. The summed E-state index contributed by atoms with van der Waals surface area (Å²) in [4.78, 5) is 25.9. The highest BCUT2D eigenvalue weighted by molar-refractivity contribution is 6.34. The molecule has 0 aromatic heterocycles. The van der Waals surface area contributed by atoms with E-state index in [-0.39, 0.29) is 17.9 Å². The molecule has 1 heterocycles. The van der Waals surface area contributed by atoms with Gasteiger partial charge in [-0.15, -0.1) is 0 Å². The molecule has 1 saturated heterocycles. The van der Waals surface area contributed by atoms with E-state index in [9.17, 15) is 9.59 Å². The van der Waals surface area contributed by atoms with Crippen LogP contribution < -0.4 is 10.6 Å². The molecule has 132 valence electrons. The fourth-order valence-corrected chi connectivity index (χ4v) is 2.76. The molecule has 2 rings (SSSR count). The molecule has 2 amide bonds. The van der Waals surface area contributed by atoms with E-state index in [2.05, 4.69) is 15.5 Å². The average molecular weight is 354 g/mol. The highest BCUT2D eigenvalue weighted by Crippen LogP contribution is 2.21. The molecule has 0 unspecified atom stereocenters. The van der Waals surface area contributed by atoms with Gasteiger partial charge in [-0.25, -0.2) is 0 Å². The smallest absolute Gasteiger partial charge is 0.253 e. The number of ether oxygens (including phenoxy) is 1. The number of nitrogens with zero attached hydrogens (tertiary/aromatic N) is 1. The Bertz CT molecular complexity index is 588. The minimum Gasteiger partial charge on any atom is -0.379 e. The number of halogens is 1. The number of hydrogen-bond acceptors (Lipinski definition) is 4. The summed E-state index contributed by atoms with van der Waals surface area (Å²) < 4.78 is 5.32. The molecule has 24 heavy (non-hydrogen) atoms. The third-order valence-corrected chi connectivity index (χ3v) is 4.22. The van der Waals surface area contributed by atoms with E-state index in [0.29, 0.717) is 16.3 Å². The molecule has 1 aliphatic heterocycles. The van der Waals surface area contributed by atoms with Crippen molar-refractivity contribution in [1.29, 1.82) is 0 Å². The summed E-state index contributed by atoms with van der Waals surface area (Å²) in [7, 11) is 0. The van der Waals surface area contributed by atoms with E-state index in [1.54, 1.807) is 18.2 Å². The number of nitrogens with one attached hydrogen (secondary N) is 2. The molecule has 0 radical (unpaired) electrons. The van der Waals surface area contributed by atoms with Crippen LogP contribution in [-0.4, -0.2) is 55.6 Å². The lowest BCUT2D eigenvalue weighted by Crippen LogP contribution is -2.40. The van der Waals surface area contributed by atoms with Crippen LogP contribution in [0, 0.1) is 0 Å². The van der Waals surface area contributed by atoms with Crippen LogP contribution in [0.25, 0.3) is 0 Å². The number of amides is 2. The molecule has 1 aromatic carbocycles. The summed E-state index contributed by atoms with van der Waals surface area (Å²) in [5.41, 5.74) is 0.916. The topological polar surface area (TPSA) is 70.7 Å². The number of morpholine rings is 1. The van der Waals surface area contributed by atoms with E-state index in [1.165, 1.54) is 6.92 Å². The highest BCUT2D eigenvalue weighted by Gasteiger charge is 2.16. The van der Waals surface area contributed by atoms with Gasteiger partial charge in [-0.2, -0.15) is 0 Å². The second kappa shape index (κ2) is 9.01. The van der Waals surface area contributed by atoms with Crippen LogP contribution in [0.15, 0.2) is 18.2 Å². The van der Waals surface area contributed by atoms with Crippen LogP contribution in [0.4, 0.5) is 5.69 Å². The Balaban J connectivity index is 1.89. The second-order valence-corrected chi connectivity index (χ2v) is 6.40. The maximum atomic E-state index is 12.4. The Morgan fingerprint density at radius 3 is 2.71 bits per heavy atom. The summed E-state index contributed by atoms with van der Waals surface area (Å²) in [5, 5.41) is 5.98. The van der Waals surface area contributed by atoms with Gasteiger partial charge in [-0.05, 0) is 31.5 Å². The van der Waals surface area contributed by atoms with Gasteiger partial charge in [-0.3, -0.25) is 14.5 Å². The van der Waals surface area contributed by atoms with Gasteiger partial charge in [0.2, 0.25) is 5.91 Å². The van der Waals surface area contributed by atoms with Crippen LogP contribution in [0.1, 0.15) is 30.6 Å². The van der Waals surface area contributed by atoms with Gasteiger partial charge in [0.25, 0.3) is 5.91 Å². The van der Waals surface area contributed by atoms with Crippen LogP contribution in [0.3, 0.4) is 0 Å². The zero-order chi connectivity index (χ0) is 17.5. The van der Waals surface area contributed by atoms with E-state index in [4.69, 9.17) is 16.3 Å². The third kappa shape index (κ3) is 5.78. The van der Waals surface area contributed by atoms with Crippen molar-refractivity contribution >= 4 is 29.1 Å². The monoisotopic (exact) mass is 353 g/mol. The molecule has 6 nitrogen and oxygen atoms in total. The zero-order valence-corrected chi connectivity index (χ0v) is 14.9. The van der Waals surface area contributed by atoms with Crippen LogP contribution in [0.5, 0.6) is 0 Å². The Kier molecular flexibility index (Phi) is 7.02. The lowest BCUT2D eigenvalue weighted by Gasteiger charge is -2.27. The predicted molar refractivity (Wildman–Crippen MR) is 94.6 cm³/mol. The summed E-state index contributed by atoms with van der Waals surface area (Å²) in [5.74, 6) is -0.427. The first-order valence-corrected chi connectivity index (χ1v) is 8.51. The van der Waals surface area contributed by atoms with Gasteiger partial charge in [0, 0.05) is 38.3 Å². The minimum absolute atomic E-state index is 0.0285. The molecule has 1 aromatic rings. The van der Waals surface area contributed by atoms with Gasteiger partial charge in [0.15, 0.2) is 0 Å². The lowest BCUT2D eigenvalue weighted by atomic mass is 10.1. The van der Waals surface area contributed by atoms with Crippen molar-refractivity contribution in [3.05, 3.63) is 28.8 Å². The zero-order valence-electron chi connectivity index (χ0n) is 14.1. The van der Waals surface area contributed by atoms with E-state index in [0.717, 1.165) is 39.3 Å². The van der Waals surface area contributed by atoms with Gasteiger partial charge < -0.3 is 15.4 Å². The Morgan fingerprint density at radius 1 is 1.33 bits per heavy atom. The molecule has 0 aliphatic carbocycles. The van der Waals surface area contributed by atoms with Crippen molar-refractivity contribution in [3.8, 4) is 0 Å². The Hall–Kier alpha value is -1.63. The van der Waals surface area contributed by atoms with E-state index in [1.807, 2.05) is 6.92 Å². The van der Waals surface area contributed by atoms with Crippen molar-refractivity contribution < 1.29 is 14.3 Å². The normalized spacial score (nSPS) is 16.5. The largest absolute Gasteiger partial charge is 0.379 e. The van der Waals surface area contributed by atoms with Crippen molar-refractivity contribution in [3.63, 3.8) is 0 Å². The Labute approximate surface area is 147 Å². The molecule has 0 spiro atoms. The lowest BCUT2D eigenvalue weighted by molar-refractivity contribution is -0.114. The van der Waals surface area contributed by atoms with Gasteiger partial charge in [0.1, 0.15) is 0 Å². The van der Waals surface area contributed by atoms with Crippen molar-refractivity contribution in [1.82, 2.24) is 10.2 Å². The maximum absolute atomic E-state index is 12.4. The predicted octanol–water partition coefficient (Wildman–Crippen LogP) is 2.14. The number of benzene rings is 1. The van der Waals surface area contributed by atoms with Crippen LogP contribution in [-0.2, 0) is 9.53 Å². The van der Waals surface area contributed by atoms with Gasteiger partial charge >= 0.3 is 0 Å². The highest BCUT2D eigenvalue weighted by atomic mass is 35.5. The summed E-state index contributed by atoms with van der Waals surface area (Å²) in [6.45, 7) is 7.73. The Morgan fingerprint density at radius 2 is 2.04 bits per heavy atom. The number of hydrogen-bond donors (Lipinski definition) is 2. The quantitative estimate of drug-likeness (QED) is 0.822. The molecular weight excluding hydrogens is 330 g/mol. The first-order chi connectivity index (χ1) is 11.5. The molecule has 0 bridgehead atoms. The number of rotatable bonds is 6. The van der Waals surface area contributed by atoms with Crippen molar-refractivity contribution in [2.45, 2.75) is 26.3 Å². The second-order valence-electron chi connectivity index (χ2n) is 5.99. The SMILES string of the molecule is CC(=O)Nc1ccc(Cl)c(C(=O)N[C@@H](C)CCN2CCOCC2)c1. The van der Waals surface area contributed by atoms with Crippen molar-refractivity contribution in [2.24, 2.45) is 0 Å². The summed E-state index contributed by atoms with van der Waals surface area (Å²) in [6, 6.07) is 4.90. The minimum atomic E-state index is -0.235. The van der Waals surface area contributed by atoms with Gasteiger partial charge in [-0.1, -0.05) is 11.6 Å². The molecule has 0 saturated carbocycles. The fourth-order valence-electron chi connectivity index (χ4n) is 2.56. The van der Waals surface area contributed by atoms with E-state index >= 15 is 0 Å². The maximum Gasteiger partial charge on any atom is 0.253 e. The molecular formula is C17H24ClN3O3. The summed E-state index contributed by atoms with van der Waals surface area (Å²) in [6.07, 6.45) is 0.856. The molecule has 1 fully saturated rings. The first-order valence-electron chi connectivity index (χ1n) is 8.14. The standard InChI is InChI=1S/C17H24ClN3O3/c1-12(5-6-21-7-9-24-10-8-21)19-17(23)15-11-14(20-13(2)22)3-4-16(15)18/h3-4,11-12H,5-10H2,1-2H3,(H,19,23)(H,20,22)/t12-/m0/s1.